The third-order valence-corrected chi connectivity index (χ3v) is 5.71. The Hall–Kier alpha value is -3.25. The van der Waals surface area contributed by atoms with Gasteiger partial charge in [0.25, 0.3) is 0 Å². The molecule has 6 heteroatoms. The molecule has 0 atom stereocenters. The predicted octanol–water partition coefficient (Wildman–Crippen LogP) is 7.03. The van der Waals surface area contributed by atoms with Gasteiger partial charge < -0.3 is 4.74 Å². The molecule has 0 amide bonds. The van der Waals surface area contributed by atoms with Gasteiger partial charge in [-0.15, -0.1) is 0 Å². The Balaban J connectivity index is 1.50. The fraction of sp³-hybridized carbons (Fsp3) is 0.222. The molecule has 3 aromatic carbocycles. The van der Waals surface area contributed by atoms with Crippen LogP contribution in [-0.4, -0.2) is 18.7 Å². The topological polar surface area (TPSA) is 22.1 Å². The van der Waals surface area contributed by atoms with Crippen LogP contribution in [0.5, 0.6) is 0 Å². The Morgan fingerprint density at radius 3 is 2.24 bits per heavy atom. The number of rotatable bonds is 7. The van der Waals surface area contributed by atoms with E-state index in [-0.39, 0.29) is 5.82 Å². The molecule has 1 heterocycles. The summed E-state index contributed by atoms with van der Waals surface area (Å²) in [4.78, 5) is 4.51. The van der Waals surface area contributed by atoms with Crippen molar-refractivity contribution in [3.8, 4) is 11.3 Å². The molecule has 1 aromatic heterocycles. The van der Waals surface area contributed by atoms with Crippen molar-refractivity contribution in [3.63, 3.8) is 0 Å². The number of pyridine rings is 1. The van der Waals surface area contributed by atoms with E-state index in [4.69, 9.17) is 4.74 Å². The molecular formula is C27H23F4NO. The first-order valence-corrected chi connectivity index (χ1v) is 10.7. The number of hydrogen-bond donors (Lipinski definition) is 0. The van der Waals surface area contributed by atoms with Crippen molar-refractivity contribution in [2.24, 2.45) is 0 Å². The minimum Gasteiger partial charge on any atom is -0.384 e. The van der Waals surface area contributed by atoms with Crippen molar-refractivity contribution in [2.45, 2.75) is 25.4 Å². The Morgan fingerprint density at radius 1 is 0.818 bits per heavy atom. The smallest absolute Gasteiger partial charge is 0.384 e. The van der Waals surface area contributed by atoms with Crippen LogP contribution < -0.4 is 0 Å². The summed E-state index contributed by atoms with van der Waals surface area (Å²) in [6, 6.07) is 18.1. The lowest BCUT2D eigenvalue weighted by Gasteiger charge is -2.10. The van der Waals surface area contributed by atoms with Gasteiger partial charge in [0.2, 0.25) is 0 Å². The molecule has 0 saturated heterocycles. The van der Waals surface area contributed by atoms with Gasteiger partial charge in [0, 0.05) is 24.3 Å². The van der Waals surface area contributed by atoms with Gasteiger partial charge in [0.05, 0.1) is 17.9 Å². The van der Waals surface area contributed by atoms with Crippen LogP contribution in [0.3, 0.4) is 0 Å². The van der Waals surface area contributed by atoms with Gasteiger partial charge in [-0.3, -0.25) is 4.98 Å². The molecule has 4 aromatic rings. The summed E-state index contributed by atoms with van der Waals surface area (Å²) >= 11 is 0. The van der Waals surface area contributed by atoms with Gasteiger partial charge in [-0.05, 0) is 65.6 Å². The average Bonchev–Trinajstić information content (AvgIpc) is 2.82. The Labute approximate surface area is 189 Å². The Kier molecular flexibility index (Phi) is 6.75. The fourth-order valence-corrected chi connectivity index (χ4v) is 3.79. The monoisotopic (exact) mass is 453 g/mol. The maximum Gasteiger partial charge on any atom is 0.416 e. The molecule has 0 aliphatic carbocycles. The summed E-state index contributed by atoms with van der Waals surface area (Å²) in [6.45, 7) is 0.636. The van der Waals surface area contributed by atoms with Crippen LogP contribution in [0.1, 0.15) is 22.3 Å². The summed E-state index contributed by atoms with van der Waals surface area (Å²) in [5.74, 6) is -0.297. The Bertz CT molecular complexity index is 1230. The lowest BCUT2D eigenvalue weighted by atomic mass is 9.98. The molecule has 4 rings (SSSR count). The summed E-state index contributed by atoms with van der Waals surface area (Å²) in [7, 11) is 1.66. The maximum atomic E-state index is 15.1. The third-order valence-electron chi connectivity index (χ3n) is 5.71. The summed E-state index contributed by atoms with van der Waals surface area (Å²) in [5.41, 5.74) is 3.39. The normalized spacial score (nSPS) is 11.8. The molecule has 0 spiro atoms. The highest BCUT2D eigenvalue weighted by Crippen LogP contribution is 2.30. The van der Waals surface area contributed by atoms with Crippen molar-refractivity contribution in [2.75, 3.05) is 13.7 Å². The van der Waals surface area contributed by atoms with Gasteiger partial charge in [0.15, 0.2) is 0 Å². The van der Waals surface area contributed by atoms with Crippen LogP contribution in [0.15, 0.2) is 72.9 Å². The first-order valence-electron chi connectivity index (χ1n) is 10.7. The zero-order valence-electron chi connectivity index (χ0n) is 18.1. The van der Waals surface area contributed by atoms with Crippen molar-refractivity contribution in [1.29, 1.82) is 0 Å². The van der Waals surface area contributed by atoms with E-state index in [9.17, 15) is 13.2 Å². The Morgan fingerprint density at radius 2 is 1.58 bits per heavy atom. The van der Waals surface area contributed by atoms with Crippen LogP contribution >= 0.6 is 0 Å². The highest BCUT2D eigenvalue weighted by molar-refractivity contribution is 5.88. The molecule has 33 heavy (non-hydrogen) atoms. The van der Waals surface area contributed by atoms with Crippen LogP contribution in [0.2, 0.25) is 0 Å². The van der Waals surface area contributed by atoms with E-state index >= 15 is 4.39 Å². The number of aromatic nitrogens is 1. The molecule has 0 aliphatic heterocycles. The number of methoxy groups -OCH3 is 1. The van der Waals surface area contributed by atoms with Crippen LogP contribution in [-0.2, 0) is 30.2 Å². The number of benzene rings is 3. The predicted molar refractivity (Wildman–Crippen MR) is 122 cm³/mol. The first kappa shape index (κ1) is 22.9. The van der Waals surface area contributed by atoms with Crippen molar-refractivity contribution < 1.29 is 22.3 Å². The van der Waals surface area contributed by atoms with Gasteiger partial charge >= 0.3 is 6.18 Å². The molecule has 0 radical (unpaired) electrons. The largest absolute Gasteiger partial charge is 0.416 e. The van der Waals surface area contributed by atoms with Crippen molar-refractivity contribution >= 4 is 10.8 Å². The fourth-order valence-electron chi connectivity index (χ4n) is 3.79. The number of halogens is 4. The number of alkyl halides is 3. The summed E-state index contributed by atoms with van der Waals surface area (Å²) in [6.07, 6.45) is -0.883. The lowest BCUT2D eigenvalue weighted by Crippen LogP contribution is -2.04. The number of ether oxygens (including phenoxy) is 1. The van der Waals surface area contributed by atoms with Crippen LogP contribution in [0.25, 0.3) is 22.0 Å². The second kappa shape index (κ2) is 9.71. The first-order chi connectivity index (χ1) is 15.8. The highest BCUT2D eigenvalue weighted by Gasteiger charge is 2.29. The number of hydrogen-bond acceptors (Lipinski definition) is 2. The summed E-state index contributed by atoms with van der Waals surface area (Å²) in [5, 5.41) is 1.29. The highest BCUT2D eigenvalue weighted by atomic mass is 19.4. The zero-order valence-corrected chi connectivity index (χ0v) is 18.1. The SMILES string of the molecule is COCCc1ccc(-c2ccc3c(F)c(CCc4ccc(C(F)(F)F)cc4)ccc3c2)nc1. The van der Waals surface area contributed by atoms with E-state index in [1.54, 1.807) is 19.2 Å². The number of aryl methyl sites for hydroxylation is 2. The molecule has 2 nitrogen and oxygen atoms in total. The van der Waals surface area contributed by atoms with E-state index in [0.717, 1.165) is 46.3 Å². The van der Waals surface area contributed by atoms with E-state index in [1.807, 2.05) is 36.5 Å². The van der Waals surface area contributed by atoms with Gasteiger partial charge in [0.1, 0.15) is 5.82 Å². The quantitative estimate of drug-likeness (QED) is 0.280. The average molecular weight is 453 g/mol. The standard InChI is InChI=1S/C27H23F4NO/c1-33-15-14-19-5-13-25(32-17-19)22-9-12-24-21(16-22)8-7-20(26(24)28)6-2-18-3-10-23(11-4-18)27(29,30)31/h3-5,7-13,16-17H,2,6,14-15H2,1H3. The summed E-state index contributed by atoms with van der Waals surface area (Å²) < 4.78 is 58.3. The lowest BCUT2D eigenvalue weighted by molar-refractivity contribution is -0.137. The molecule has 0 N–H and O–H groups in total. The molecule has 0 saturated carbocycles. The molecular weight excluding hydrogens is 430 g/mol. The molecule has 0 unspecified atom stereocenters. The maximum absolute atomic E-state index is 15.1. The molecule has 0 bridgehead atoms. The van der Waals surface area contributed by atoms with Gasteiger partial charge in [-0.2, -0.15) is 13.2 Å². The molecule has 0 fully saturated rings. The number of fused-ring (bicyclic) bond motifs is 1. The van der Waals surface area contributed by atoms with E-state index in [1.165, 1.54) is 12.1 Å². The second-order valence-corrected chi connectivity index (χ2v) is 7.96. The van der Waals surface area contributed by atoms with Crippen molar-refractivity contribution in [3.05, 3.63) is 101 Å². The minimum absolute atomic E-state index is 0.297. The van der Waals surface area contributed by atoms with E-state index in [2.05, 4.69) is 4.98 Å². The number of nitrogens with zero attached hydrogens (tertiary/aromatic N) is 1. The second-order valence-electron chi connectivity index (χ2n) is 7.96. The van der Waals surface area contributed by atoms with E-state index < -0.39 is 11.7 Å². The van der Waals surface area contributed by atoms with Gasteiger partial charge in [-0.25, -0.2) is 4.39 Å². The van der Waals surface area contributed by atoms with E-state index in [0.29, 0.717) is 30.4 Å². The third kappa shape index (κ3) is 5.40. The van der Waals surface area contributed by atoms with Crippen molar-refractivity contribution in [1.82, 2.24) is 4.98 Å². The zero-order chi connectivity index (χ0) is 23.4. The molecule has 0 aliphatic rings. The van der Waals surface area contributed by atoms with Crippen LogP contribution in [0.4, 0.5) is 17.6 Å². The minimum atomic E-state index is -4.36. The van der Waals surface area contributed by atoms with Gasteiger partial charge in [-0.1, -0.05) is 42.5 Å². The molecule has 170 valence electrons. The van der Waals surface area contributed by atoms with Crippen LogP contribution in [0, 0.1) is 5.82 Å².